The molecule has 0 bridgehead atoms. The molecule has 0 N–H and O–H groups in total. The maximum absolute atomic E-state index is 13.2. The number of likely N-dealkylation sites (tertiary alicyclic amines) is 1. The molecule has 4 rings (SSSR count). The third kappa shape index (κ3) is 3.76. The molecule has 28 heavy (non-hydrogen) atoms. The molecule has 0 radical (unpaired) electrons. The average molecular weight is 402 g/mol. The first-order valence-electron chi connectivity index (χ1n) is 10.6. The predicted octanol–water partition coefficient (Wildman–Crippen LogP) is 4.01. The van der Waals surface area contributed by atoms with Crippen LogP contribution in [0.2, 0.25) is 0 Å². The van der Waals surface area contributed by atoms with E-state index in [9.17, 15) is 9.59 Å². The van der Waals surface area contributed by atoms with Crippen LogP contribution in [0, 0.1) is 11.3 Å². The van der Waals surface area contributed by atoms with Crippen LogP contribution >= 0.6 is 11.3 Å². The van der Waals surface area contributed by atoms with Crippen LogP contribution in [0.15, 0.2) is 11.1 Å². The molecule has 152 valence electrons. The summed E-state index contributed by atoms with van der Waals surface area (Å²) in [5, 5.41) is 0.763. The van der Waals surface area contributed by atoms with Crippen molar-refractivity contribution < 1.29 is 4.79 Å². The zero-order valence-electron chi connectivity index (χ0n) is 17.3. The standard InChI is InChI=1S/C22H31N3O2S/c1-22(2,3)15-8-9-16-17(12-15)28-20-19(16)21(27)25(14-23-20)13-18(26)24-10-6-4-5-7-11-24/h14-15H,4-13H2,1-3H3. The van der Waals surface area contributed by atoms with Gasteiger partial charge in [-0.15, -0.1) is 11.3 Å². The Labute approximate surface area is 170 Å². The summed E-state index contributed by atoms with van der Waals surface area (Å²) in [7, 11) is 0. The molecule has 0 aromatic carbocycles. The Kier molecular flexibility index (Phi) is 5.34. The van der Waals surface area contributed by atoms with E-state index in [0.717, 1.165) is 55.4 Å². The van der Waals surface area contributed by atoms with Gasteiger partial charge in [-0.25, -0.2) is 4.98 Å². The summed E-state index contributed by atoms with van der Waals surface area (Å²) in [6, 6.07) is 0. The number of aryl methyl sites for hydroxylation is 1. The highest BCUT2D eigenvalue weighted by Gasteiger charge is 2.31. The van der Waals surface area contributed by atoms with Gasteiger partial charge in [0.05, 0.1) is 11.7 Å². The molecular weight excluding hydrogens is 370 g/mol. The number of fused-ring (bicyclic) bond motifs is 3. The first kappa shape index (κ1) is 19.6. The summed E-state index contributed by atoms with van der Waals surface area (Å²) in [5.41, 5.74) is 1.43. The molecule has 1 saturated heterocycles. The highest BCUT2D eigenvalue weighted by Crippen LogP contribution is 2.41. The predicted molar refractivity (Wildman–Crippen MR) is 114 cm³/mol. The van der Waals surface area contributed by atoms with E-state index in [1.54, 1.807) is 17.7 Å². The van der Waals surface area contributed by atoms with Gasteiger partial charge in [0, 0.05) is 18.0 Å². The van der Waals surface area contributed by atoms with Crippen molar-refractivity contribution in [2.45, 2.75) is 72.3 Å². The van der Waals surface area contributed by atoms with E-state index in [4.69, 9.17) is 0 Å². The Balaban J connectivity index is 1.61. The van der Waals surface area contributed by atoms with Crippen molar-refractivity contribution in [1.29, 1.82) is 0 Å². The Morgan fingerprint density at radius 1 is 1.21 bits per heavy atom. The van der Waals surface area contributed by atoms with Gasteiger partial charge in [-0.1, -0.05) is 33.6 Å². The molecule has 1 unspecified atom stereocenters. The minimum atomic E-state index is -0.0418. The molecule has 1 atom stereocenters. The fraction of sp³-hybridized carbons (Fsp3) is 0.682. The van der Waals surface area contributed by atoms with Crippen LogP contribution in [0.4, 0.5) is 0 Å². The number of carbonyl (C=O) groups is 1. The SMILES string of the molecule is CC(C)(C)C1CCc2c(sc3ncn(CC(=O)N4CCCCCC4)c(=O)c23)C1. The number of rotatable bonds is 2. The number of hydrogen-bond acceptors (Lipinski definition) is 4. The van der Waals surface area contributed by atoms with E-state index in [-0.39, 0.29) is 23.4 Å². The number of carbonyl (C=O) groups excluding carboxylic acids is 1. The van der Waals surface area contributed by atoms with Crippen LogP contribution in [0.25, 0.3) is 10.2 Å². The van der Waals surface area contributed by atoms with Crippen molar-refractivity contribution >= 4 is 27.5 Å². The highest BCUT2D eigenvalue weighted by molar-refractivity contribution is 7.18. The van der Waals surface area contributed by atoms with Gasteiger partial charge in [0.15, 0.2) is 0 Å². The van der Waals surface area contributed by atoms with Crippen molar-refractivity contribution in [2.75, 3.05) is 13.1 Å². The van der Waals surface area contributed by atoms with Crippen LogP contribution in [0.1, 0.15) is 63.3 Å². The van der Waals surface area contributed by atoms with Crippen molar-refractivity contribution in [1.82, 2.24) is 14.5 Å². The average Bonchev–Trinajstić information content (AvgIpc) is 2.82. The smallest absolute Gasteiger partial charge is 0.262 e. The van der Waals surface area contributed by atoms with E-state index < -0.39 is 0 Å². The van der Waals surface area contributed by atoms with Crippen molar-refractivity contribution in [2.24, 2.45) is 11.3 Å². The van der Waals surface area contributed by atoms with Crippen molar-refractivity contribution in [3.8, 4) is 0 Å². The molecule has 1 aliphatic carbocycles. The van der Waals surface area contributed by atoms with Crippen LogP contribution < -0.4 is 5.56 Å². The molecule has 6 heteroatoms. The summed E-state index contributed by atoms with van der Waals surface area (Å²) in [4.78, 5) is 34.6. The minimum Gasteiger partial charge on any atom is -0.341 e. The lowest BCUT2D eigenvalue weighted by atomic mass is 9.72. The van der Waals surface area contributed by atoms with Crippen molar-refractivity contribution in [3.05, 3.63) is 27.1 Å². The van der Waals surface area contributed by atoms with Gasteiger partial charge in [0.2, 0.25) is 5.91 Å². The van der Waals surface area contributed by atoms with E-state index in [1.807, 2.05) is 4.90 Å². The molecule has 1 fully saturated rings. The molecule has 2 aliphatic rings. The normalized spacial score (nSPS) is 20.8. The molecule has 0 saturated carbocycles. The summed E-state index contributed by atoms with van der Waals surface area (Å²) in [6.07, 6.45) is 9.16. The topological polar surface area (TPSA) is 55.2 Å². The van der Waals surface area contributed by atoms with Gasteiger partial charge in [0.25, 0.3) is 5.56 Å². The Hall–Kier alpha value is -1.69. The number of hydrogen-bond donors (Lipinski definition) is 0. The minimum absolute atomic E-state index is 0.0418. The molecular formula is C22H31N3O2S. The van der Waals surface area contributed by atoms with Crippen LogP contribution in [0.5, 0.6) is 0 Å². The van der Waals surface area contributed by atoms with Crippen LogP contribution in [-0.4, -0.2) is 33.4 Å². The lowest BCUT2D eigenvalue weighted by Crippen LogP contribution is -2.37. The Morgan fingerprint density at radius 3 is 2.61 bits per heavy atom. The summed E-state index contributed by atoms with van der Waals surface area (Å²) >= 11 is 1.67. The fourth-order valence-electron chi connectivity index (χ4n) is 4.62. The van der Waals surface area contributed by atoms with Crippen molar-refractivity contribution in [3.63, 3.8) is 0 Å². The van der Waals surface area contributed by atoms with E-state index in [2.05, 4.69) is 25.8 Å². The molecule has 5 nitrogen and oxygen atoms in total. The van der Waals surface area contributed by atoms with Gasteiger partial charge in [-0.2, -0.15) is 0 Å². The zero-order valence-corrected chi connectivity index (χ0v) is 18.1. The Morgan fingerprint density at radius 2 is 1.93 bits per heavy atom. The van der Waals surface area contributed by atoms with Gasteiger partial charge in [-0.05, 0) is 49.0 Å². The largest absolute Gasteiger partial charge is 0.341 e. The first-order chi connectivity index (χ1) is 13.3. The van der Waals surface area contributed by atoms with Gasteiger partial charge in [0.1, 0.15) is 11.4 Å². The van der Waals surface area contributed by atoms with Gasteiger partial charge < -0.3 is 4.90 Å². The monoisotopic (exact) mass is 401 g/mol. The molecule has 3 heterocycles. The number of amides is 1. The van der Waals surface area contributed by atoms with Gasteiger partial charge >= 0.3 is 0 Å². The maximum Gasteiger partial charge on any atom is 0.262 e. The van der Waals surface area contributed by atoms with E-state index in [1.165, 1.54) is 27.8 Å². The quantitative estimate of drug-likeness (QED) is 0.764. The second-order valence-corrected chi connectivity index (χ2v) is 10.5. The second-order valence-electron chi connectivity index (χ2n) is 9.46. The number of nitrogens with zero attached hydrogens (tertiary/aromatic N) is 3. The maximum atomic E-state index is 13.2. The lowest BCUT2D eigenvalue weighted by molar-refractivity contribution is -0.131. The number of aromatic nitrogens is 2. The molecule has 1 amide bonds. The fourth-order valence-corrected chi connectivity index (χ4v) is 5.88. The highest BCUT2D eigenvalue weighted by atomic mass is 32.1. The summed E-state index contributed by atoms with van der Waals surface area (Å²) in [5.74, 6) is 0.682. The van der Waals surface area contributed by atoms with E-state index in [0.29, 0.717) is 5.92 Å². The molecule has 1 aliphatic heterocycles. The third-order valence-corrected chi connectivity index (χ3v) is 7.69. The van der Waals surface area contributed by atoms with Crippen LogP contribution in [0.3, 0.4) is 0 Å². The molecule has 2 aromatic rings. The summed E-state index contributed by atoms with van der Waals surface area (Å²) < 4.78 is 1.53. The zero-order chi connectivity index (χ0) is 19.9. The Bertz CT molecular complexity index is 930. The van der Waals surface area contributed by atoms with E-state index >= 15 is 0 Å². The number of thiophene rings is 1. The van der Waals surface area contributed by atoms with Gasteiger partial charge in [-0.3, -0.25) is 14.2 Å². The second kappa shape index (κ2) is 7.62. The lowest BCUT2D eigenvalue weighted by Gasteiger charge is -2.33. The molecule has 2 aromatic heterocycles. The van der Waals surface area contributed by atoms with Crippen LogP contribution in [-0.2, 0) is 24.2 Å². The summed E-state index contributed by atoms with van der Waals surface area (Å²) in [6.45, 7) is 8.63. The third-order valence-electron chi connectivity index (χ3n) is 6.52. The molecule has 0 spiro atoms. The first-order valence-corrected chi connectivity index (χ1v) is 11.4.